The fourth-order valence-electron chi connectivity index (χ4n) is 2.30. The molecule has 0 spiro atoms. The van der Waals surface area contributed by atoms with Crippen LogP contribution in [0.1, 0.15) is 30.8 Å². The molecule has 3 heterocycles. The van der Waals surface area contributed by atoms with E-state index in [4.69, 9.17) is 0 Å². The van der Waals surface area contributed by atoms with Gasteiger partial charge in [-0.05, 0) is 18.6 Å². The quantitative estimate of drug-likeness (QED) is 0.777. The number of aliphatic hydroxyl groups is 1. The molecule has 3 rings (SSSR count). The number of hydrogen-bond acceptors (Lipinski definition) is 3. The van der Waals surface area contributed by atoms with Gasteiger partial charge in [0.2, 0.25) is 0 Å². The zero-order chi connectivity index (χ0) is 13.2. The van der Waals surface area contributed by atoms with Crippen molar-refractivity contribution in [3.05, 3.63) is 54.4 Å². The number of pyridine rings is 1. The first-order chi connectivity index (χ1) is 9.31. The van der Waals surface area contributed by atoms with Crippen LogP contribution in [0.4, 0.5) is 0 Å². The molecule has 0 fully saturated rings. The van der Waals surface area contributed by atoms with Crippen LogP contribution in [0.5, 0.6) is 0 Å². The fourth-order valence-corrected chi connectivity index (χ4v) is 2.30. The summed E-state index contributed by atoms with van der Waals surface area (Å²) in [5.41, 5.74) is 1.69. The standard InChI is InChI=1S/C14H16N4O/c1-2-7-17-9-6-15-14(17)13(19)11-10-16-18-8-4-3-5-12(11)18/h3-6,8-10,13,19H,2,7H2,1H3. The number of imidazole rings is 1. The van der Waals surface area contributed by atoms with E-state index >= 15 is 0 Å². The molecule has 0 aromatic carbocycles. The van der Waals surface area contributed by atoms with Crippen molar-refractivity contribution in [1.29, 1.82) is 0 Å². The maximum Gasteiger partial charge on any atom is 0.142 e. The van der Waals surface area contributed by atoms with Gasteiger partial charge in [0.05, 0.1) is 11.7 Å². The molecule has 0 bridgehead atoms. The monoisotopic (exact) mass is 256 g/mol. The molecule has 1 atom stereocenters. The molecule has 1 N–H and O–H groups in total. The summed E-state index contributed by atoms with van der Waals surface area (Å²) in [6.45, 7) is 2.96. The molecule has 1 unspecified atom stereocenters. The minimum atomic E-state index is -0.749. The maximum atomic E-state index is 10.5. The average Bonchev–Trinajstić information content (AvgIpc) is 3.04. The largest absolute Gasteiger partial charge is 0.380 e. The zero-order valence-corrected chi connectivity index (χ0v) is 10.8. The molecule has 0 aliphatic heterocycles. The molecule has 0 aliphatic rings. The highest BCUT2D eigenvalue weighted by atomic mass is 16.3. The first-order valence-electron chi connectivity index (χ1n) is 6.42. The third kappa shape index (κ3) is 2.02. The minimum absolute atomic E-state index is 0.667. The van der Waals surface area contributed by atoms with Crippen molar-refractivity contribution in [3.63, 3.8) is 0 Å². The summed E-state index contributed by atoms with van der Waals surface area (Å²) < 4.78 is 3.74. The highest BCUT2D eigenvalue weighted by molar-refractivity contribution is 5.55. The number of rotatable bonds is 4. The van der Waals surface area contributed by atoms with Crippen molar-refractivity contribution in [2.24, 2.45) is 0 Å². The Morgan fingerprint density at radius 1 is 1.32 bits per heavy atom. The molecule has 0 radical (unpaired) electrons. The first kappa shape index (κ1) is 11.9. The molecule has 3 aromatic heterocycles. The lowest BCUT2D eigenvalue weighted by Crippen LogP contribution is -2.09. The fraction of sp³-hybridized carbons (Fsp3) is 0.286. The number of aromatic nitrogens is 4. The Morgan fingerprint density at radius 3 is 3.05 bits per heavy atom. The Balaban J connectivity index is 2.03. The van der Waals surface area contributed by atoms with Gasteiger partial charge in [0.25, 0.3) is 0 Å². The molecule has 0 saturated carbocycles. The van der Waals surface area contributed by atoms with Crippen molar-refractivity contribution in [2.75, 3.05) is 0 Å². The van der Waals surface area contributed by atoms with Gasteiger partial charge in [0.1, 0.15) is 11.9 Å². The summed E-state index contributed by atoms with van der Waals surface area (Å²) in [4.78, 5) is 4.27. The Morgan fingerprint density at radius 2 is 2.21 bits per heavy atom. The van der Waals surface area contributed by atoms with E-state index in [9.17, 15) is 5.11 Å². The van der Waals surface area contributed by atoms with E-state index in [1.165, 1.54) is 0 Å². The van der Waals surface area contributed by atoms with Gasteiger partial charge in [0.15, 0.2) is 0 Å². The Labute approximate surface area is 111 Å². The Hall–Kier alpha value is -2.14. The second-order valence-corrected chi connectivity index (χ2v) is 4.51. The lowest BCUT2D eigenvalue weighted by molar-refractivity contribution is 0.205. The second kappa shape index (κ2) is 4.85. The SMILES string of the molecule is CCCn1ccnc1C(O)c1cnn2ccccc12. The van der Waals surface area contributed by atoms with Crippen LogP contribution < -0.4 is 0 Å². The van der Waals surface area contributed by atoms with E-state index in [0.717, 1.165) is 24.0 Å². The van der Waals surface area contributed by atoms with Crippen LogP contribution in [0, 0.1) is 0 Å². The van der Waals surface area contributed by atoms with E-state index in [1.54, 1.807) is 16.9 Å². The van der Waals surface area contributed by atoms with E-state index in [1.807, 2.05) is 35.2 Å². The summed E-state index contributed by atoms with van der Waals surface area (Å²) in [6, 6.07) is 5.79. The number of fused-ring (bicyclic) bond motifs is 1. The normalized spacial score (nSPS) is 12.9. The first-order valence-corrected chi connectivity index (χ1v) is 6.42. The van der Waals surface area contributed by atoms with E-state index in [2.05, 4.69) is 17.0 Å². The van der Waals surface area contributed by atoms with Gasteiger partial charge in [-0.1, -0.05) is 13.0 Å². The second-order valence-electron chi connectivity index (χ2n) is 4.51. The topological polar surface area (TPSA) is 55.3 Å². The predicted molar refractivity (Wildman–Crippen MR) is 71.8 cm³/mol. The van der Waals surface area contributed by atoms with Gasteiger partial charge < -0.3 is 9.67 Å². The highest BCUT2D eigenvalue weighted by Crippen LogP contribution is 2.24. The summed E-state index contributed by atoms with van der Waals surface area (Å²) in [7, 11) is 0. The zero-order valence-electron chi connectivity index (χ0n) is 10.8. The number of hydrogen-bond donors (Lipinski definition) is 1. The van der Waals surface area contributed by atoms with Crippen molar-refractivity contribution in [1.82, 2.24) is 19.2 Å². The lowest BCUT2D eigenvalue weighted by Gasteiger charge is -2.11. The van der Waals surface area contributed by atoms with Crippen molar-refractivity contribution in [3.8, 4) is 0 Å². The molecule has 0 saturated heterocycles. The van der Waals surface area contributed by atoms with Gasteiger partial charge in [-0.15, -0.1) is 0 Å². The summed E-state index contributed by atoms with van der Waals surface area (Å²) in [5.74, 6) is 0.667. The van der Waals surface area contributed by atoms with Crippen LogP contribution in [-0.2, 0) is 6.54 Å². The molecule has 98 valence electrons. The third-order valence-corrected chi connectivity index (χ3v) is 3.21. The molecular formula is C14H16N4O. The van der Waals surface area contributed by atoms with Crippen molar-refractivity contribution >= 4 is 5.52 Å². The van der Waals surface area contributed by atoms with Gasteiger partial charge >= 0.3 is 0 Å². The van der Waals surface area contributed by atoms with Crippen LogP contribution in [-0.4, -0.2) is 24.3 Å². The lowest BCUT2D eigenvalue weighted by atomic mass is 10.1. The third-order valence-electron chi connectivity index (χ3n) is 3.21. The predicted octanol–water partition coefficient (Wildman–Crippen LogP) is 2.02. The van der Waals surface area contributed by atoms with Gasteiger partial charge in [-0.25, -0.2) is 9.50 Å². The number of aliphatic hydroxyl groups excluding tert-OH is 1. The number of aryl methyl sites for hydroxylation is 1. The van der Waals surface area contributed by atoms with E-state index < -0.39 is 6.10 Å². The van der Waals surface area contributed by atoms with Crippen LogP contribution in [0.25, 0.3) is 5.52 Å². The van der Waals surface area contributed by atoms with Crippen LogP contribution in [0.2, 0.25) is 0 Å². The maximum absolute atomic E-state index is 10.5. The van der Waals surface area contributed by atoms with Crippen molar-refractivity contribution < 1.29 is 5.11 Å². The Kier molecular flexibility index (Phi) is 3.05. The summed E-state index contributed by atoms with van der Waals surface area (Å²) >= 11 is 0. The average molecular weight is 256 g/mol. The van der Waals surface area contributed by atoms with Gasteiger partial charge in [-0.3, -0.25) is 0 Å². The molecule has 19 heavy (non-hydrogen) atoms. The molecule has 5 heteroatoms. The Bertz CT molecular complexity index is 685. The van der Waals surface area contributed by atoms with Crippen LogP contribution in [0.15, 0.2) is 43.0 Å². The highest BCUT2D eigenvalue weighted by Gasteiger charge is 2.19. The molecule has 3 aromatic rings. The number of nitrogens with zero attached hydrogens (tertiary/aromatic N) is 4. The van der Waals surface area contributed by atoms with E-state index in [-0.39, 0.29) is 0 Å². The molecular weight excluding hydrogens is 240 g/mol. The minimum Gasteiger partial charge on any atom is -0.380 e. The van der Waals surface area contributed by atoms with Crippen molar-refractivity contribution in [2.45, 2.75) is 26.0 Å². The van der Waals surface area contributed by atoms with E-state index in [0.29, 0.717) is 5.82 Å². The molecule has 0 aliphatic carbocycles. The van der Waals surface area contributed by atoms with Crippen LogP contribution >= 0.6 is 0 Å². The molecule has 0 amide bonds. The summed E-state index contributed by atoms with van der Waals surface area (Å²) in [6.07, 6.45) is 7.44. The molecule has 5 nitrogen and oxygen atoms in total. The van der Waals surface area contributed by atoms with Gasteiger partial charge in [0, 0.05) is 30.7 Å². The van der Waals surface area contributed by atoms with Gasteiger partial charge in [-0.2, -0.15) is 5.10 Å². The van der Waals surface area contributed by atoms with Crippen LogP contribution in [0.3, 0.4) is 0 Å². The smallest absolute Gasteiger partial charge is 0.142 e. The summed E-state index contributed by atoms with van der Waals surface area (Å²) in [5, 5.41) is 14.8.